The molecule has 2 atom stereocenters. The van der Waals surface area contributed by atoms with E-state index < -0.39 is 18.0 Å². The van der Waals surface area contributed by atoms with Crippen LogP contribution >= 0.6 is 0 Å². The number of amides is 1. The fourth-order valence-electron chi connectivity index (χ4n) is 4.09. The predicted molar refractivity (Wildman–Crippen MR) is 103 cm³/mol. The third kappa shape index (κ3) is 3.03. The van der Waals surface area contributed by atoms with Crippen LogP contribution in [0.3, 0.4) is 0 Å². The second-order valence-corrected chi connectivity index (χ2v) is 7.63. The number of nitrogens with one attached hydrogen (secondary N) is 1. The van der Waals surface area contributed by atoms with Crippen LogP contribution in [-0.4, -0.2) is 23.9 Å². The molecule has 6 heteroatoms. The van der Waals surface area contributed by atoms with Crippen molar-refractivity contribution in [3.63, 3.8) is 0 Å². The molecule has 0 bridgehead atoms. The Morgan fingerprint density at radius 1 is 0.929 bits per heavy atom. The van der Waals surface area contributed by atoms with Crippen molar-refractivity contribution in [3.05, 3.63) is 42.5 Å². The molecule has 6 nitrogen and oxygen atoms in total. The Morgan fingerprint density at radius 2 is 1.64 bits per heavy atom. The Kier molecular flexibility index (Phi) is 4.07. The predicted octanol–water partition coefficient (Wildman–Crippen LogP) is 4.29. The van der Waals surface area contributed by atoms with Crippen molar-refractivity contribution in [2.24, 2.45) is 0 Å². The van der Waals surface area contributed by atoms with E-state index in [-0.39, 0.29) is 5.91 Å². The second kappa shape index (κ2) is 6.62. The van der Waals surface area contributed by atoms with Gasteiger partial charge in [0.05, 0.1) is 0 Å². The topological polar surface area (TPSA) is 66.0 Å². The van der Waals surface area contributed by atoms with Crippen LogP contribution in [0.1, 0.15) is 39.0 Å². The number of hydrogen-bond donors (Lipinski definition) is 1. The van der Waals surface area contributed by atoms with Crippen LogP contribution < -0.4 is 24.3 Å². The largest absolute Gasteiger partial charge is 0.482 e. The lowest BCUT2D eigenvalue weighted by molar-refractivity contribution is -0.128. The lowest BCUT2D eigenvalue weighted by Gasteiger charge is -2.31. The van der Waals surface area contributed by atoms with Gasteiger partial charge in [0.25, 0.3) is 11.7 Å². The lowest BCUT2D eigenvalue weighted by atomic mass is 9.94. The van der Waals surface area contributed by atoms with E-state index in [0.29, 0.717) is 22.9 Å². The van der Waals surface area contributed by atoms with E-state index in [4.69, 9.17) is 18.9 Å². The number of para-hydroxylation sites is 2. The summed E-state index contributed by atoms with van der Waals surface area (Å²) in [4.78, 5) is 12.8. The molecule has 0 saturated heterocycles. The van der Waals surface area contributed by atoms with Crippen LogP contribution in [0, 0.1) is 0 Å². The summed E-state index contributed by atoms with van der Waals surface area (Å²) >= 11 is 0. The van der Waals surface area contributed by atoms with E-state index in [1.807, 2.05) is 43.3 Å². The highest BCUT2D eigenvalue weighted by molar-refractivity contribution is 5.95. The molecule has 3 aliphatic rings. The monoisotopic (exact) mass is 381 g/mol. The minimum atomic E-state index is -0.731. The molecule has 1 aliphatic carbocycles. The lowest BCUT2D eigenvalue weighted by Crippen LogP contribution is -2.46. The quantitative estimate of drug-likeness (QED) is 0.841. The molecule has 1 fully saturated rings. The number of carbonyl (C=O) groups excluding carboxylic acids is 1. The summed E-state index contributed by atoms with van der Waals surface area (Å²) in [5.74, 6) is 1.86. The highest BCUT2D eigenvalue weighted by Crippen LogP contribution is 2.46. The van der Waals surface area contributed by atoms with Crippen molar-refractivity contribution in [3.8, 4) is 23.0 Å². The van der Waals surface area contributed by atoms with Crippen LogP contribution in [0.25, 0.3) is 0 Å². The van der Waals surface area contributed by atoms with Crippen LogP contribution in [0.4, 0.5) is 5.69 Å². The van der Waals surface area contributed by atoms with Gasteiger partial charge in [0.1, 0.15) is 6.10 Å². The molecule has 146 valence electrons. The highest BCUT2D eigenvalue weighted by atomic mass is 16.7. The van der Waals surface area contributed by atoms with Crippen molar-refractivity contribution in [2.75, 3.05) is 5.32 Å². The van der Waals surface area contributed by atoms with Crippen molar-refractivity contribution < 1.29 is 23.7 Å². The summed E-state index contributed by atoms with van der Waals surface area (Å²) < 4.78 is 23.9. The zero-order valence-corrected chi connectivity index (χ0v) is 15.8. The van der Waals surface area contributed by atoms with E-state index in [1.165, 1.54) is 6.42 Å². The van der Waals surface area contributed by atoms with E-state index in [9.17, 15) is 4.79 Å². The van der Waals surface area contributed by atoms with Crippen molar-refractivity contribution in [1.82, 2.24) is 0 Å². The van der Waals surface area contributed by atoms with Crippen molar-refractivity contribution in [1.29, 1.82) is 0 Å². The van der Waals surface area contributed by atoms with Crippen LogP contribution in [0.2, 0.25) is 0 Å². The summed E-state index contributed by atoms with van der Waals surface area (Å²) in [6, 6.07) is 12.9. The average Bonchev–Trinajstić information content (AvgIpc) is 3.04. The highest BCUT2D eigenvalue weighted by Gasteiger charge is 2.42. The first-order chi connectivity index (χ1) is 13.6. The van der Waals surface area contributed by atoms with Gasteiger partial charge in [-0.3, -0.25) is 4.79 Å². The van der Waals surface area contributed by atoms with Crippen molar-refractivity contribution in [2.45, 2.75) is 57.0 Å². The van der Waals surface area contributed by atoms with Gasteiger partial charge >= 0.3 is 0 Å². The van der Waals surface area contributed by atoms with Crippen molar-refractivity contribution >= 4 is 11.6 Å². The zero-order valence-electron chi connectivity index (χ0n) is 15.8. The van der Waals surface area contributed by atoms with E-state index in [2.05, 4.69) is 5.32 Å². The molecule has 2 aromatic carbocycles. The first-order valence-corrected chi connectivity index (χ1v) is 9.87. The number of hydrogen-bond acceptors (Lipinski definition) is 5. The normalized spacial score (nSPS) is 24.0. The van der Waals surface area contributed by atoms with Gasteiger partial charge in [0, 0.05) is 24.6 Å². The zero-order chi connectivity index (χ0) is 19.1. The van der Waals surface area contributed by atoms with Gasteiger partial charge in [0.2, 0.25) is 6.10 Å². The summed E-state index contributed by atoms with van der Waals surface area (Å²) in [7, 11) is 0. The van der Waals surface area contributed by atoms with Gasteiger partial charge in [-0.25, -0.2) is 0 Å². The maximum absolute atomic E-state index is 12.8. The van der Waals surface area contributed by atoms with E-state index >= 15 is 0 Å². The maximum Gasteiger partial charge on any atom is 0.269 e. The molecule has 2 heterocycles. The van der Waals surface area contributed by atoms with E-state index in [1.54, 1.807) is 6.07 Å². The van der Waals surface area contributed by atoms with Crippen LogP contribution in [-0.2, 0) is 4.79 Å². The van der Waals surface area contributed by atoms with Gasteiger partial charge < -0.3 is 24.3 Å². The van der Waals surface area contributed by atoms with Gasteiger partial charge in [-0.1, -0.05) is 18.6 Å². The Balaban J connectivity index is 1.30. The Hall–Kier alpha value is -2.89. The third-order valence-corrected chi connectivity index (χ3v) is 5.52. The summed E-state index contributed by atoms with van der Waals surface area (Å²) in [6.45, 7) is 1.83. The number of ether oxygens (including phenoxy) is 4. The number of rotatable bonds is 2. The van der Waals surface area contributed by atoms with E-state index in [0.717, 1.165) is 31.4 Å². The third-order valence-electron chi connectivity index (χ3n) is 5.52. The Labute approximate surface area is 163 Å². The minimum absolute atomic E-state index is 0.256. The Bertz CT molecular complexity index is 906. The fourth-order valence-corrected chi connectivity index (χ4v) is 4.09. The first-order valence-electron chi connectivity index (χ1n) is 9.87. The molecule has 0 radical (unpaired) electrons. The standard InChI is InChI=1S/C22H23NO5/c1-14-20(26-17-8-4-3-7-16(17)25-14)21(24)23-15-9-10-18-19(13-15)28-22(27-18)11-5-2-6-12-22/h3-4,7-10,13-14,20H,2,5-6,11-12H2,1H3,(H,23,24). The molecular weight excluding hydrogens is 358 g/mol. The molecule has 1 saturated carbocycles. The van der Waals surface area contributed by atoms with Gasteiger partial charge in [-0.15, -0.1) is 0 Å². The number of anilines is 1. The van der Waals surface area contributed by atoms with Gasteiger partial charge in [-0.2, -0.15) is 0 Å². The number of benzene rings is 2. The summed E-state index contributed by atoms with van der Waals surface area (Å²) in [5.41, 5.74) is 0.648. The summed E-state index contributed by atoms with van der Waals surface area (Å²) in [5, 5.41) is 2.91. The molecule has 28 heavy (non-hydrogen) atoms. The SMILES string of the molecule is CC1Oc2ccccc2OC1C(=O)Nc1ccc2c(c1)OC1(CCCCC1)O2. The Morgan fingerprint density at radius 3 is 2.43 bits per heavy atom. The smallest absolute Gasteiger partial charge is 0.269 e. The molecule has 1 N–H and O–H groups in total. The molecular formula is C22H23NO5. The first kappa shape index (κ1) is 17.2. The summed E-state index contributed by atoms with van der Waals surface area (Å²) in [6.07, 6.45) is 4.10. The van der Waals surface area contributed by atoms with Gasteiger partial charge in [-0.05, 0) is 44.0 Å². The molecule has 2 aliphatic heterocycles. The van der Waals surface area contributed by atoms with Crippen LogP contribution in [0.5, 0.6) is 23.0 Å². The number of carbonyl (C=O) groups is 1. The minimum Gasteiger partial charge on any atom is -0.482 e. The molecule has 2 aromatic rings. The maximum atomic E-state index is 12.8. The molecule has 0 aromatic heterocycles. The molecule has 1 spiro atoms. The average molecular weight is 381 g/mol. The number of fused-ring (bicyclic) bond motifs is 2. The van der Waals surface area contributed by atoms with Crippen LogP contribution in [0.15, 0.2) is 42.5 Å². The second-order valence-electron chi connectivity index (χ2n) is 7.63. The molecule has 1 amide bonds. The molecule has 2 unspecified atom stereocenters. The fraction of sp³-hybridized carbons (Fsp3) is 0.409. The van der Waals surface area contributed by atoms with Gasteiger partial charge in [0.15, 0.2) is 23.0 Å². The molecule has 5 rings (SSSR count).